The molecule has 1 heterocycles. The first kappa shape index (κ1) is 18.2. The van der Waals surface area contributed by atoms with E-state index in [4.69, 9.17) is 22.0 Å². The molecule has 0 amide bonds. The van der Waals surface area contributed by atoms with Gasteiger partial charge in [-0.15, -0.1) is 0 Å². The maximum atomic E-state index is 9.13. The van der Waals surface area contributed by atoms with E-state index in [1.165, 1.54) is 19.1 Å². The maximum absolute atomic E-state index is 9.13. The number of pyridine rings is 1. The summed E-state index contributed by atoms with van der Waals surface area (Å²) in [5.41, 5.74) is 16.7. The zero-order valence-electron chi connectivity index (χ0n) is 15.0. The lowest BCUT2D eigenvalue weighted by atomic mass is 9.93. The van der Waals surface area contributed by atoms with Gasteiger partial charge in [0, 0.05) is 36.0 Å². The van der Waals surface area contributed by atoms with E-state index in [-0.39, 0.29) is 6.61 Å². The maximum Gasteiger partial charge on any atom is 0.129 e. The van der Waals surface area contributed by atoms with Gasteiger partial charge in [-0.2, -0.15) is 0 Å². The number of nitrogens with one attached hydrogen (secondary N) is 2. The van der Waals surface area contributed by atoms with Crippen LogP contribution in [-0.4, -0.2) is 29.5 Å². The van der Waals surface area contributed by atoms with Gasteiger partial charge in [-0.1, -0.05) is 25.0 Å². The third kappa shape index (κ3) is 3.65. The molecule has 1 aliphatic rings. The van der Waals surface area contributed by atoms with E-state index in [2.05, 4.69) is 10.3 Å². The van der Waals surface area contributed by atoms with Crippen molar-refractivity contribution >= 4 is 34.3 Å². The number of anilines is 2. The topological polar surface area (TPSA) is 121 Å². The minimum Gasteiger partial charge on any atom is -0.398 e. The lowest BCUT2D eigenvalue weighted by Crippen LogP contribution is -2.12. The molecule has 6 heteroatoms. The summed E-state index contributed by atoms with van der Waals surface area (Å²) >= 11 is 0. The van der Waals surface area contributed by atoms with E-state index < -0.39 is 0 Å². The van der Waals surface area contributed by atoms with Crippen LogP contribution in [0.5, 0.6) is 0 Å². The molecule has 138 valence electrons. The number of aliphatic hydroxyl groups is 1. The Labute approximate surface area is 153 Å². The van der Waals surface area contributed by atoms with Crippen LogP contribution in [0.1, 0.15) is 49.1 Å². The summed E-state index contributed by atoms with van der Waals surface area (Å²) in [6, 6.07) is 5.88. The Balaban J connectivity index is 2.12. The fourth-order valence-electron chi connectivity index (χ4n) is 3.77. The first-order valence-corrected chi connectivity index (χ1v) is 9.20. The van der Waals surface area contributed by atoms with Crippen LogP contribution in [0.4, 0.5) is 11.5 Å². The number of benzene rings is 1. The number of hydrogen-bond donors (Lipinski definition) is 5. The van der Waals surface area contributed by atoms with Crippen molar-refractivity contribution < 1.29 is 5.11 Å². The number of allylic oxidation sites excluding steroid dienone is 1. The minimum atomic E-state index is 0.152. The number of aromatic nitrogens is 1. The van der Waals surface area contributed by atoms with Crippen molar-refractivity contribution in [3.8, 4) is 0 Å². The predicted molar refractivity (Wildman–Crippen MR) is 109 cm³/mol. The molecule has 0 unspecified atom stereocenters. The normalized spacial score (nSPS) is 15.5. The number of rotatable bonds is 7. The standard InChI is InChI=1S/C20H27N5O/c21-9-8-16(22)14-6-7-15-17(12-14)25-20(23)18(13-4-1-2-5-13)19(15)24-10-3-11-26/h6-9,12-13,21,26H,1-5,10-11,22H2,(H3,23,24,25)/b16-8-,21-9?. The molecule has 0 saturated heterocycles. The zero-order valence-corrected chi connectivity index (χ0v) is 15.0. The molecule has 6 nitrogen and oxygen atoms in total. The summed E-state index contributed by atoms with van der Waals surface area (Å²) in [6.45, 7) is 0.839. The van der Waals surface area contributed by atoms with Crippen LogP contribution in [0.3, 0.4) is 0 Å². The zero-order chi connectivity index (χ0) is 18.5. The van der Waals surface area contributed by atoms with E-state index in [9.17, 15) is 0 Å². The molecule has 7 N–H and O–H groups in total. The lowest BCUT2D eigenvalue weighted by Gasteiger charge is -2.21. The number of hydrogen-bond acceptors (Lipinski definition) is 6. The van der Waals surface area contributed by atoms with Gasteiger partial charge in [0.2, 0.25) is 0 Å². The van der Waals surface area contributed by atoms with Crippen LogP contribution < -0.4 is 16.8 Å². The fraction of sp³-hybridized carbons (Fsp3) is 0.400. The molecule has 1 aromatic heterocycles. The van der Waals surface area contributed by atoms with Gasteiger partial charge in [0.25, 0.3) is 0 Å². The van der Waals surface area contributed by atoms with Crippen LogP contribution >= 0.6 is 0 Å². The Kier molecular flexibility index (Phi) is 5.73. The number of nitrogens with two attached hydrogens (primary N) is 2. The SMILES string of the molecule is N=C/C=C(\N)c1ccc2c(NCCCO)c(C3CCCC3)c(N)nc2c1. The highest BCUT2D eigenvalue weighted by Gasteiger charge is 2.25. The molecule has 0 bridgehead atoms. The highest BCUT2D eigenvalue weighted by molar-refractivity contribution is 5.97. The van der Waals surface area contributed by atoms with Crippen LogP contribution in [0.25, 0.3) is 16.6 Å². The van der Waals surface area contributed by atoms with Gasteiger partial charge in [-0.3, -0.25) is 0 Å². The molecule has 1 saturated carbocycles. The molecule has 1 aliphatic carbocycles. The van der Waals surface area contributed by atoms with Gasteiger partial charge in [0.15, 0.2) is 0 Å². The molecule has 1 fully saturated rings. The summed E-state index contributed by atoms with van der Waals surface area (Å²) in [6.07, 6.45) is 8.13. The summed E-state index contributed by atoms with van der Waals surface area (Å²) in [7, 11) is 0. The quantitative estimate of drug-likeness (QED) is 0.386. The van der Waals surface area contributed by atoms with E-state index in [1.807, 2.05) is 18.2 Å². The molecule has 3 rings (SSSR count). The van der Waals surface area contributed by atoms with Crippen molar-refractivity contribution in [1.82, 2.24) is 4.98 Å². The molecule has 0 aliphatic heterocycles. The first-order chi connectivity index (χ1) is 12.7. The van der Waals surface area contributed by atoms with Crippen LogP contribution in [0, 0.1) is 5.41 Å². The first-order valence-electron chi connectivity index (χ1n) is 9.20. The lowest BCUT2D eigenvalue weighted by molar-refractivity contribution is 0.292. The molecule has 0 spiro atoms. The number of nitrogens with zero attached hydrogens (tertiary/aromatic N) is 1. The highest BCUT2D eigenvalue weighted by Crippen LogP contribution is 2.43. The van der Waals surface area contributed by atoms with Crippen LogP contribution in [0.2, 0.25) is 0 Å². The van der Waals surface area contributed by atoms with E-state index in [1.54, 1.807) is 6.08 Å². The molecule has 0 atom stereocenters. The smallest absolute Gasteiger partial charge is 0.129 e. The average Bonchev–Trinajstić information content (AvgIpc) is 3.15. The van der Waals surface area contributed by atoms with Gasteiger partial charge in [-0.25, -0.2) is 4.98 Å². The Morgan fingerprint density at radius 3 is 2.81 bits per heavy atom. The van der Waals surface area contributed by atoms with Crippen molar-refractivity contribution in [2.75, 3.05) is 24.2 Å². The van der Waals surface area contributed by atoms with Gasteiger partial charge >= 0.3 is 0 Å². The molecule has 1 aromatic carbocycles. The van der Waals surface area contributed by atoms with Crippen molar-refractivity contribution in [1.29, 1.82) is 5.41 Å². The van der Waals surface area contributed by atoms with Gasteiger partial charge < -0.3 is 27.3 Å². The molecule has 26 heavy (non-hydrogen) atoms. The third-order valence-electron chi connectivity index (χ3n) is 5.05. The molecular formula is C20H27N5O. The summed E-state index contributed by atoms with van der Waals surface area (Å²) < 4.78 is 0. The van der Waals surface area contributed by atoms with Crippen LogP contribution in [-0.2, 0) is 0 Å². The van der Waals surface area contributed by atoms with Crippen molar-refractivity contribution in [2.24, 2.45) is 5.73 Å². The van der Waals surface area contributed by atoms with Crippen molar-refractivity contribution in [3.63, 3.8) is 0 Å². The van der Waals surface area contributed by atoms with Gasteiger partial charge in [0.1, 0.15) is 5.82 Å². The summed E-state index contributed by atoms with van der Waals surface area (Å²) in [4.78, 5) is 4.66. The number of nitrogen functional groups attached to an aromatic ring is 1. The summed E-state index contributed by atoms with van der Waals surface area (Å²) in [5.74, 6) is 1.01. The second-order valence-electron chi connectivity index (χ2n) is 6.79. The van der Waals surface area contributed by atoms with Crippen molar-refractivity contribution in [3.05, 3.63) is 35.4 Å². The second kappa shape index (κ2) is 8.19. The molecule has 0 radical (unpaired) electrons. The Morgan fingerprint density at radius 2 is 2.12 bits per heavy atom. The van der Waals surface area contributed by atoms with Crippen molar-refractivity contribution in [2.45, 2.75) is 38.0 Å². The van der Waals surface area contributed by atoms with E-state index in [0.29, 0.717) is 30.4 Å². The molecule has 2 aromatic rings. The number of fused-ring (bicyclic) bond motifs is 1. The Morgan fingerprint density at radius 1 is 1.35 bits per heavy atom. The van der Waals surface area contributed by atoms with E-state index in [0.717, 1.165) is 40.6 Å². The third-order valence-corrected chi connectivity index (χ3v) is 5.05. The Hall–Kier alpha value is -2.60. The highest BCUT2D eigenvalue weighted by atomic mass is 16.3. The fourth-order valence-corrected chi connectivity index (χ4v) is 3.77. The predicted octanol–water partition coefficient (Wildman–Crippen LogP) is 3.22. The average molecular weight is 353 g/mol. The molecular weight excluding hydrogens is 326 g/mol. The van der Waals surface area contributed by atoms with Gasteiger partial charge in [-0.05, 0) is 42.9 Å². The second-order valence-corrected chi connectivity index (χ2v) is 6.79. The number of aliphatic hydroxyl groups excluding tert-OH is 1. The minimum absolute atomic E-state index is 0.152. The van der Waals surface area contributed by atoms with Crippen LogP contribution in [0.15, 0.2) is 24.3 Å². The largest absolute Gasteiger partial charge is 0.398 e. The van der Waals surface area contributed by atoms with Gasteiger partial charge in [0.05, 0.1) is 11.2 Å². The monoisotopic (exact) mass is 353 g/mol. The van der Waals surface area contributed by atoms with E-state index >= 15 is 0 Å². The summed E-state index contributed by atoms with van der Waals surface area (Å²) in [5, 5.41) is 20.8. The Bertz CT molecular complexity index is 825.